The summed E-state index contributed by atoms with van der Waals surface area (Å²) in [4.78, 5) is 29.3. The second-order valence-electron chi connectivity index (χ2n) is 9.90. The summed E-state index contributed by atoms with van der Waals surface area (Å²) in [6, 6.07) is 6.11. The van der Waals surface area contributed by atoms with Gasteiger partial charge < -0.3 is 15.1 Å². The van der Waals surface area contributed by atoms with Crippen LogP contribution in [0.4, 0.5) is 11.4 Å². The molecule has 5 nitrogen and oxygen atoms in total. The van der Waals surface area contributed by atoms with Gasteiger partial charge in [-0.05, 0) is 48.4 Å². The first kappa shape index (κ1) is 25.0. The minimum atomic E-state index is -0.0557. The van der Waals surface area contributed by atoms with Crippen molar-refractivity contribution in [3.63, 3.8) is 0 Å². The maximum Gasteiger partial charge on any atom is 0.224 e. The van der Waals surface area contributed by atoms with Crippen LogP contribution < -0.4 is 10.2 Å². The van der Waals surface area contributed by atoms with Crippen molar-refractivity contribution < 1.29 is 9.59 Å². The van der Waals surface area contributed by atoms with Gasteiger partial charge in [-0.1, -0.05) is 41.5 Å². The molecule has 0 unspecified atom stereocenters. The van der Waals surface area contributed by atoms with Crippen molar-refractivity contribution in [3.05, 3.63) is 23.8 Å². The van der Waals surface area contributed by atoms with E-state index in [0.717, 1.165) is 23.4 Å². The highest BCUT2D eigenvalue weighted by Crippen LogP contribution is 2.28. The third-order valence-corrected chi connectivity index (χ3v) is 4.90. The molecule has 0 aromatic heterocycles. The van der Waals surface area contributed by atoms with Crippen molar-refractivity contribution in [2.24, 2.45) is 11.3 Å². The Labute approximate surface area is 177 Å². The highest BCUT2D eigenvalue weighted by atomic mass is 16.2. The molecule has 29 heavy (non-hydrogen) atoms. The molecule has 2 amide bonds. The summed E-state index contributed by atoms with van der Waals surface area (Å²) in [5.41, 5.74) is 2.83. The second kappa shape index (κ2) is 10.7. The number of nitrogens with zero attached hydrogens (tertiary/aromatic N) is 2. The molecule has 0 saturated carbocycles. The Hall–Kier alpha value is -2.04. The molecule has 1 N–H and O–H groups in total. The summed E-state index contributed by atoms with van der Waals surface area (Å²) in [7, 11) is 4.00. The minimum absolute atomic E-state index is 0.0196. The van der Waals surface area contributed by atoms with Gasteiger partial charge in [0.1, 0.15) is 0 Å². The van der Waals surface area contributed by atoms with Gasteiger partial charge >= 0.3 is 0 Å². The zero-order chi connectivity index (χ0) is 22.4. The average Bonchev–Trinajstić information content (AvgIpc) is 2.56. The van der Waals surface area contributed by atoms with E-state index >= 15 is 0 Å². The molecule has 0 spiro atoms. The van der Waals surface area contributed by atoms with Gasteiger partial charge in [0.15, 0.2) is 0 Å². The fourth-order valence-electron chi connectivity index (χ4n) is 3.26. The molecule has 0 aliphatic carbocycles. The quantitative estimate of drug-likeness (QED) is 0.609. The second-order valence-corrected chi connectivity index (χ2v) is 9.90. The van der Waals surface area contributed by atoms with Crippen LogP contribution in [0, 0.1) is 11.3 Å². The lowest BCUT2D eigenvalue weighted by atomic mass is 9.91. The molecule has 0 bridgehead atoms. The number of nitrogens with one attached hydrogen (secondary N) is 1. The van der Waals surface area contributed by atoms with E-state index in [1.165, 1.54) is 0 Å². The highest BCUT2D eigenvalue weighted by molar-refractivity contribution is 5.91. The van der Waals surface area contributed by atoms with Crippen LogP contribution in [0.1, 0.15) is 73.3 Å². The Kier molecular flexibility index (Phi) is 9.18. The number of rotatable bonds is 9. The van der Waals surface area contributed by atoms with Gasteiger partial charge in [0.25, 0.3) is 0 Å². The molecule has 0 aliphatic rings. The van der Waals surface area contributed by atoms with E-state index in [1.807, 2.05) is 51.0 Å². The Morgan fingerprint density at radius 1 is 1.10 bits per heavy atom. The van der Waals surface area contributed by atoms with Crippen LogP contribution in [0.15, 0.2) is 18.2 Å². The third kappa shape index (κ3) is 8.46. The summed E-state index contributed by atoms with van der Waals surface area (Å²) in [5, 5.41) is 3.00. The number of carbonyl (C=O) groups excluding carboxylic acids is 2. The fourth-order valence-corrected chi connectivity index (χ4v) is 3.26. The van der Waals surface area contributed by atoms with Gasteiger partial charge in [-0.25, -0.2) is 0 Å². The van der Waals surface area contributed by atoms with Crippen molar-refractivity contribution in [1.29, 1.82) is 0 Å². The van der Waals surface area contributed by atoms with Crippen LogP contribution >= 0.6 is 0 Å². The normalized spacial score (nSPS) is 12.6. The SMILES string of the molecule is CC[C@@H](C)N(Cc1cc(NC(=O)CC(C)C)ccc1N(C)C)C(=O)CC(C)(C)C. The van der Waals surface area contributed by atoms with Crippen molar-refractivity contribution in [3.8, 4) is 0 Å². The van der Waals surface area contributed by atoms with Crippen molar-refractivity contribution in [1.82, 2.24) is 4.90 Å². The van der Waals surface area contributed by atoms with E-state index < -0.39 is 0 Å². The molecule has 5 heteroatoms. The summed E-state index contributed by atoms with van der Waals surface area (Å²) in [6.45, 7) is 15.1. The minimum Gasteiger partial charge on any atom is -0.377 e. The predicted octanol–water partition coefficient (Wildman–Crippen LogP) is 5.30. The van der Waals surface area contributed by atoms with Gasteiger partial charge in [0.05, 0.1) is 0 Å². The van der Waals surface area contributed by atoms with E-state index in [2.05, 4.69) is 44.8 Å². The number of amides is 2. The Bertz CT molecular complexity index is 690. The number of hydrogen-bond acceptors (Lipinski definition) is 3. The fraction of sp³-hybridized carbons (Fsp3) is 0.667. The third-order valence-electron chi connectivity index (χ3n) is 4.90. The first-order valence-electron chi connectivity index (χ1n) is 10.7. The van der Waals surface area contributed by atoms with Gasteiger partial charge in [0, 0.05) is 50.9 Å². The maximum absolute atomic E-state index is 13.1. The maximum atomic E-state index is 13.1. The molecule has 1 rings (SSSR count). The van der Waals surface area contributed by atoms with Gasteiger partial charge in [-0.2, -0.15) is 0 Å². The average molecular weight is 404 g/mol. The number of benzene rings is 1. The largest absolute Gasteiger partial charge is 0.377 e. The van der Waals surface area contributed by atoms with Gasteiger partial charge in [-0.3, -0.25) is 9.59 Å². The standard InChI is InChI=1S/C24H41N3O2/c1-10-18(4)27(23(29)15-24(5,6)7)16-19-14-20(11-12-21(19)26(8)9)25-22(28)13-17(2)3/h11-12,14,17-18H,10,13,15-16H2,1-9H3,(H,25,28)/t18-/m1/s1. The van der Waals surface area contributed by atoms with E-state index in [9.17, 15) is 9.59 Å². The van der Waals surface area contributed by atoms with Gasteiger partial charge in [-0.15, -0.1) is 0 Å². The van der Waals surface area contributed by atoms with E-state index in [4.69, 9.17) is 0 Å². The number of hydrogen-bond donors (Lipinski definition) is 1. The molecule has 1 atom stereocenters. The lowest BCUT2D eigenvalue weighted by molar-refractivity contribution is -0.136. The zero-order valence-electron chi connectivity index (χ0n) is 19.9. The van der Waals surface area contributed by atoms with Crippen molar-refractivity contribution in [2.75, 3.05) is 24.3 Å². The van der Waals surface area contributed by atoms with Crippen molar-refractivity contribution >= 4 is 23.2 Å². The summed E-state index contributed by atoms with van der Waals surface area (Å²) in [6.07, 6.45) is 1.91. The smallest absolute Gasteiger partial charge is 0.224 e. The predicted molar refractivity (Wildman–Crippen MR) is 123 cm³/mol. The topological polar surface area (TPSA) is 52.7 Å². The van der Waals surface area contributed by atoms with E-state index in [0.29, 0.717) is 25.3 Å². The van der Waals surface area contributed by atoms with Crippen LogP contribution in [-0.4, -0.2) is 36.9 Å². The molecule has 1 aromatic carbocycles. The first-order valence-corrected chi connectivity index (χ1v) is 10.7. The molecule has 0 saturated heterocycles. The van der Waals surface area contributed by atoms with Crippen LogP contribution in [0.25, 0.3) is 0 Å². The lowest BCUT2D eigenvalue weighted by Crippen LogP contribution is -2.39. The Morgan fingerprint density at radius 2 is 1.72 bits per heavy atom. The van der Waals surface area contributed by atoms with E-state index in [1.54, 1.807) is 0 Å². The van der Waals surface area contributed by atoms with Crippen LogP contribution in [0.2, 0.25) is 0 Å². The summed E-state index contributed by atoms with van der Waals surface area (Å²) in [5.74, 6) is 0.503. The van der Waals surface area contributed by atoms with E-state index in [-0.39, 0.29) is 23.3 Å². The molecular formula is C24H41N3O2. The van der Waals surface area contributed by atoms with Crippen LogP contribution in [0.3, 0.4) is 0 Å². The van der Waals surface area contributed by atoms with Crippen molar-refractivity contribution in [2.45, 2.75) is 80.3 Å². The molecule has 0 heterocycles. The highest BCUT2D eigenvalue weighted by Gasteiger charge is 2.25. The molecule has 0 fully saturated rings. The summed E-state index contributed by atoms with van der Waals surface area (Å²) >= 11 is 0. The number of anilines is 2. The molecule has 0 radical (unpaired) electrons. The van der Waals surface area contributed by atoms with Crippen LogP contribution in [0.5, 0.6) is 0 Å². The molecular weight excluding hydrogens is 362 g/mol. The number of carbonyl (C=O) groups is 2. The molecule has 1 aromatic rings. The van der Waals surface area contributed by atoms with Crippen LogP contribution in [-0.2, 0) is 16.1 Å². The Balaban J connectivity index is 3.19. The zero-order valence-corrected chi connectivity index (χ0v) is 19.9. The summed E-state index contributed by atoms with van der Waals surface area (Å²) < 4.78 is 0. The molecule has 0 aliphatic heterocycles. The Morgan fingerprint density at radius 3 is 2.21 bits per heavy atom. The van der Waals surface area contributed by atoms with Gasteiger partial charge in [0.2, 0.25) is 11.8 Å². The monoisotopic (exact) mass is 403 g/mol. The first-order chi connectivity index (χ1) is 13.3. The molecule has 164 valence electrons. The lowest BCUT2D eigenvalue weighted by Gasteiger charge is -2.33.